The lowest BCUT2D eigenvalue weighted by atomic mass is 9.96. The van der Waals surface area contributed by atoms with Gasteiger partial charge in [-0.25, -0.2) is 0 Å². The summed E-state index contributed by atoms with van der Waals surface area (Å²) in [6.07, 6.45) is 0.375. The zero-order valence-corrected chi connectivity index (χ0v) is 8.94. The lowest BCUT2D eigenvalue weighted by Crippen LogP contribution is -2.19. The highest BCUT2D eigenvalue weighted by molar-refractivity contribution is 7.80. The van der Waals surface area contributed by atoms with Crippen molar-refractivity contribution >= 4 is 17.2 Å². The molecular weight excluding hydrogens is 212 g/mol. The van der Waals surface area contributed by atoms with Gasteiger partial charge in [-0.2, -0.15) is 0 Å². The Hall–Kier alpha value is -1.49. The molecule has 2 N–H and O–H groups in total. The fourth-order valence-electron chi connectivity index (χ4n) is 1.44. The third-order valence-electron chi connectivity index (χ3n) is 2.09. The van der Waals surface area contributed by atoms with E-state index >= 15 is 0 Å². The molecule has 0 saturated heterocycles. The number of hydrogen-bond donors (Lipinski definition) is 1. The number of hydrogen-bond acceptors (Lipinski definition) is 3. The third kappa shape index (κ3) is 4.03. The first-order valence-corrected chi connectivity index (χ1v) is 4.95. The van der Waals surface area contributed by atoms with Crippen LogP contribution in [0.2, 0.25) is 0 Å². The third-order valence-corrected chi connectivity index (χ3v) is 2.25. The summed E-state index contributed by atoms with van der Waals surface area (Å²) in [5.41, 5.74) is 6.32. The number of thiocarbonyl (C=S) groups is 1. The Morgan fingerprint density at radius 3 is 2.53 bits per heavy atom. The monoisotopic (exact) mass is 224 g/mol. The summed E-state index contributed by atoms with van der Waals surface area (Å²) < 4.78 is 0. The van der Waals surface area contributed by atoms with E-state index in [1.807, 2.05) is 30.3 Å². The molecule has 5 heteroatoms. The molecule has 15 heavy (non-hydrogen) atoms. The quantitative estimate of drug-likeness (QED) is 0.469. The Balaban J connectivity index is 2.81. The minimum Gasteiger partial charge on any atom is -0.393 e. The van der Waals surface area contributed by atoms with E-state index in [4.69, 9.17) is 18.0 Å². The van der Waals surface area contributed by atoms with E-state index in [0.717, 1.165) is 5.56 Å². The van der Waals surface area contributed by atoms with Crippen molar-refractivity contribution in [1.29, 1.82) is 0 Å². The van der Waals surface area contributed by atoms with E-state index in [2.05, 4.69) is 0 Å². The first kappa shape index (κ1) is 11.6. The second kappa shape index (κ2) is 5.41. The standard InChI is InChI=1S/C10H12N2O2S/c11-10(15)6-9(7-12(13)14)8-4-2-1-3-5-8/h1-5,9H,6-7H2,(H2,11,15)/t9-/m0/s1. The van der Waals surface area contributed by atoms with Gasteiger partial charge in [0, 0.05) is 11.3 Å². The minimum absolute atomic E-state index is 0.138. The van der Waals surface area contributed by atoms with Gasteiger partial charge < -0.3 is 5.73 Å². The molecule has 0 aliphatic carbocycles. The van der Waals surface area contributed by atoms with E-state index in [1.165, 1.54) is 0 Å². The molecule has 0 bridgehead atoms. The summed E-state index contributed by atoms with van der Waals surface area (Å²) in [6.45, 7) is -0.138. The van der Waals surface area contributed by atoms with Crippen molar-refractivity contribution in [3.05, 3.63) is 46.0 Å². The van der Waals surface area contributed by atoms with E-state index in [0.29, 0.717) is 11.4 Å². The second-order valence-corrected chi connectivity index (χ2v) is 3.82. The van der Waals surface area contributed by atoms with Crippen LogP contribution >= 0.6 is 12.2 Å². The molecule has 0 amide bonds. The molecule has 0 spiro atoms. The smallest absolute Gasteiger partial charge is 0.211 e. The second-order valence-electron chi connectivity index (χ2n) is 3.29. The summed E-state index contributed by atoms with van der Waals surface area (Å²) in [4.78, 5) is 10.5. The van der Waals surface area contributed by atoms with Crippen LogP contribution in [0.5, 0.6) is 0 Å². The lowest BCUT2D eigenvalue weighted by molar-refractivity contribution is -0.483. The van der Waals surface area contributed by atoms with Gasteiger partial charge in [-0.05, 0) is 5.56 Å². The van der Waals surface area contributed by atoms with Gasteiger partial charge in [-0.3, -0.25) is 10.1 Å². The lowest BCUT2D eigenvalue weighted by Gasteiger charge is -2.11. The topological polar surface area (TPSA) is 69.2 Å². The summed E-state index contributed by atoms with van der Waals surface area (Å²) in [5.74, 6) is -0.223. The molecule has 1 aromatic carbocycles. The van der Waals surface area contributed by atoms with Gasteiger partial charge in [-0.15, -0.1) is 0 Å². The van der Waals surface area contributed by atoms with Gasteiger partial charge in [0.1, 0.15) is 0 Å². The highest BCUT2D eigenvalue weighted by Crippen LogP contribution is 2.19. The van der Waals surface area contributed by atoms with Crippen LogP contribution in [0.1, 0.15) is 17.9 Å². The SMILES string of the molecule is NC(=S)C[C@@H](C[N+](=O)[O-])c1ccccc1. The summed E-state index contributed by atoms with van der Waals surface area (Å²) in [5, 5.41) is 10.5. The normalized spacial score (nSPS) is 12.0. The number of rotatable bonds is 5. The Morgan fingerprint density at radius 1 is 1.47 bits per heavy atom. The van der Waals surface area contributed by atoms with Crippen molar-refractivity contribution < 1.29 is 4.92 Å². The molecule has 0 heterocycles. The molecule has 80 valence electrons. The molecule has 0 aliphatic heterocycles. The molecule has 0 aromatic heterocycles. The average molecular weight is 224 g/mol. The van der Waals surface area contributed by atoms with Gasteiger partial charge in [0.2, 0.25) is 6.54 Å². The molecule has 1 aromatic rings. The molecule has 4 nitrogen and oxygen atoms in total. The van der Waals surface area contributed by atoms with Gasteiger partial charge in [-0.1, -0.05) is 42.5 Å². The Labute approximate surface area is 93.2 Å². The molecule has 0 saturated carbocycles. The largest absolute Gasteiger partial charge is 0.393 e. The molecular formula is C10H12N2O2S. The molecule has 1 rings (SSSR count). The number of nitrogens with two attached hydrogens (primary N) is 1. The fraction of sp³-hybridized carbons (Fsp3) is 0.300. The van der Waals surface area contributed by atoms with Crippen LogP contribution in [0.25, 0.3) is 0 Å². The minimum atomic E-state index is -0.337. The van der Waals surface area contributed by atoms with Gasteiger partial charge in [0.25, 0.3) is 0 Å². The Kier molecular flexibility index (Phi) is 4.17. The van der Waals surface area contributed by atoms with Crippen molar-refractivity contribution in [2.24, 2.45) is 5.73 Å². The van der Waals surface area contributed by atoms with Crippen molar-refractivity contribution in [2.45, 2.75) is 12.3 Å². The van der Waals surface area contributed by atoms with Crippen LogP contribution in [0.3, 0.4) is 0 Å². The molecule has 0 aliphatic rings. The summed E-state index contributed by atoms with van der Waals surface area (Å²) >= 11 is 4.78. The highest BCUT2D eigenvalue weighted by atomic mass is 32.1. The van der Waals surface area contributed by atoms with Crippen molar-refractivity contribution in [3.8, 4) is 0 Å². The first-order chi connectivity index (χ1) is 7.09. The number of nitrogens with zero attached hydrogens (tertiary/aromatic N) is 1. The maximum Gasteiger partial charge on any atom is 0.211 e. The maximum atomic E-state index is 10.5. The molecule has 1 atom stereocenters. The molecule has 0 unspecified atom stereocenters. The summed E-state index contributed by atoms with van der Waals surface area (Å²) in [6, 6.07) is 9.27. The first-order valence-electron chi connectivity index (χ1n) is 4.54. The van der Waals surface area contributed by atoms with Crippen LogP contribution in [-0.2, 0) is 0 Å². The summed E-state index contributed by atoms with van der Waals surface area (Å²) in [7, 11) is 0. The predicted octanol–water partition coefficient (Wildman–Crippen LogP) is 1.72. The highest BCUT2D eigenvalue weighted by Gasteiger charge is 2.18. The number of benzene rings is 1. The van der Waals surface area contributed by atoms with E-state index in [9.17, 15) is 10.1 Å². The fourth-order valence-corrected chi connectivity index (χ4v) is 1.64. The molecule has 0 radical (unpaired) electrons. The van der Waals surface area contributed by atoms with Gasteiger partial charge in [0.05, 0.1) is 10.9 Å². The van der Waals surface area contributed by atoms with Crippen molar-refractivity contribution in [2.75, 3.05) is 6.54 Å². The zero-order valence-electron chi connectivity index (χ0n) is 8.13. The van der Waals surface area contributed by atoms with E-state index < -0.39 is 0 Å². The van der Waals surface area contributed by atoms with Crippen LogP contribution in [-0.4, -0.2) is 16.5 Å². The van der Waals surface area contributed by atoms with Gasteiger partial charge in [0.15, 0.2) is 0 Å². The Bertz CT molecular complexity index is 338. The number of nitro groups is 1. The Morgan fingerprint density at radius 2 is 2.07 bits per heavy atom. The van der Waals surface area contributed by atoms with E-state index in [-0.39, 0.29) is 17.4 Å². The average Bonchev–Trinajstić information content (AvgIpc) is 2.17. The van der Waals surface area contributed by atoms with E-state index in [1.54, 1.807) is 0 Å². The zero-order chi connectivity index (χ0) is 11.3. The molecule has 0 fully saturated rings. The van der Waals surface area contributed by atoms with Crippen molar-refractivity contribution in [3.63, 3.8) is 0 Å². The van der Waals surface area contributed by atoms with Crippen LogP contribution in [0.15, 0.2) is 30.3 Å². The maximum absolute atomic E-state index is 10.5. The van der Waals surface area contributed by atoms with Gasteiger partial charge >= 0.3 is 0 Å². The van der Waals surface area contributed by atoms with Crippen LogP contribution in [0.4, 0.5) is 0 Å². The van der Waals surface area contributed by atoms with Crippen LogP contribution < -0.4 is 5.73 Å². The van der Waals surface area contributed by atoms with Crippen LogP contribution in [0, 0.1) is 10.1 Å². The predicted molar refractivity (Wildman–Crippen MR) is 62.4 cm³/mol. The van der Waals surface area contributed by atoms with Crippen molar-refractivity contribution in [1.82, 2.24) is 0 Å².